The molecule has 15 amide bonds. The molecule has 1 aromatic heterocycles. The van der Waals surface area contributed by atoms with Gasteiger partial charge in [-0.25, -0.2) is 17.6 Å². The van der Waals surface area contributed by atoms with Crippen molar-refractivity contribution in [2.75, 3.05) is 58.8 Å². The van der Waals surface area contributed by atoms with Gasteiger partial charge in [-0.1, -0.05) is 120 Å². The van der Waals surface area contributed by atoms with Gasteiger partial charge in [0, 0.05) is 89.2 Å². The molecule has 40 heteroatoms. The number of phenols is 1. The average Bonchev–Trinajstić information content (AvgIpc) is 1.80. The van der Waals surface area contributed by atoms with Crippen LogP contribution in [-0.2, 0) is 109 Å². The summed E-state index contributed by atoms with van der Waals surface area (Å²) in [7, 11) is 3.69. The minimum Gasteiger partial charge on any atom is -0.508 e. The molecule has 0 aliphatic carbocycles. The summed E-state index contributed by atoms with van der Waals surface area (Å²) < 4.78 is 59.8. The van der Waals surface area contributed by atoms with E-state index >= 15 is 56.7 Å². The second-order valence-electron chi connectivity index (χ2n) is 34.5. The highest BCUT2D eigenvalue weighted by molar-refractivity contribution is 8.00. The Hall–Kier alpha value is -13.0. The Morgan fingerprint density at radius 2 is 1.06 bits per heavy atom. The van der Waals surface area contributed by atoms with E-state index in [2.05, 4.69) is 52.8 Å². The summed E-state index contributed by atoms with van der Waals surface area (Å²) in [6, 6.07) is 5.81. The van der Waals surface area contributed by atoms with Crippen molar-refractivity contribution in [3.05, 3.63) is 173 Å². The number of rotatable bonds is 23. The number of piperidine rings is 1. The fourth-order valence-electron chi connectivity index (χ4n) is 16.5. The summed E-state index contributed by atoms with van der Waals surface area (Å²) >= 11 is 0.655. The standard InChI is InChI=1S/C93H119F4N17O18S/c1-9-10-23-73-92(131)114-37-18-25-72(114)86(125)103-64(34-35-98)82(121)109-80(52(4)5)93(132)111(7)74(43-53-19-12-11-13-20-53)88(127)107-69(46-78(118)119)90(129)113-36-17-16-24-71(113)87(126)106-67(45-57-47-100-63-22-15-14-21-60(57)63)85(124)105-66(41-54-28-32-59(115)33-29-54)84(123)104-65(38-51(2)3)83(122)108-70(81(120)101-48-76(99)116)49-133-50-77(117)102-68(42-56-39-61(95)79(97)62(96)40-56)89(128)112(8)75(91(130)110(73)6)44-55-26-30-58(94)31-27-55/h11-15,19-22,26-33,39-40,47,51-52,64-75,80,100,115H,9-10,16-18,23-25,34-38,41-46,48-50,98H2,1-8H3,(H2,99,116)(H,101,120)(H,102,117)(H,103,125)(H,104,123)(H,105,124)(H,106,126)(H,107,127)(H,108,122)(H,109,121)(H,118,119)/t64-,65-,66-,67+,68-,69-,70-,71+,72+,73-,74-,75-,80+/m0/s1. The first-order chi connectivity index (χ1) is 63.2. The molecule has 6 aromatic rings. The second kappa shape index (κ2) is 48.9. The number of aliphatic carboxylic acids is 1. The van der Waals surface area contributed by atoms with Gasteiger partial charge < -0.3 is 99.0 Å². The highest BCUT2D eigenvalue weighted by Gasteiger charge is 2.46. The van der Waals surface area contributed by atoms with Crippen LogP contribution in [0.25, 0.3) is 10.9 Å². The SMILES string of the molecule is CCCC[C@H]1C(=O)N2CCC[C@@H]2C(=O)N[C@@H](CCN)C(=O)N[C@H](C(C)C)C(=O)N(C)[C@@H](Cc2ccccc2)C(=O)N[C@@H](CC(=O)O)C(=O)N2CCCC[C@@H]2C(=O)N[C@H](Cc2c[nH]c3ccccc23)C(=O)N[C@@H](Cc2ccc(O)cc2)C(=O)N[C@@H](CC(C)C)C(=O)N[C@H](C(=O)NCC(N)=O)CSCC(=O)N[C@@H](Cc2cc(F)c(F)c(F)c2)C(=O)N(C)[C@@H](Cc2ccc(F)cc2)C(=O)N1C. The fraction of sp³-hybridized carbons (Fsp3) is 0.484. The number of benzene rings is 5. The van der Waals surface area contributed by atoms with Crippen LogP contribution < -0.4 is 59.3 Å². The number of carboxylic acids is 1. The largest absolute Gasteiger partial charge is 0.508 e. The third kappa shape index (κ3) is 28.8. The van der Waals surface area contributed by atoms with Crippen LogP contribution >= 0.6 is 11.8 Å². The lowest BCUT2D eigenvalue weighted by molar-refractivity contribution is -0.152. The first kappa shape index (κ1) is 104. The number of nitrogens with one attached hydrogen (secondary N) is 10. The number of aromatic nitrogens is 1. The van der Waals surface area contributed by atoms with E-state index in [4.69, 9.17) is 11.5 Å². The Morgan fingerprint density at radius 3 is 1.69 bits per heavy atom. The van der Waals surface area contributed by atoms with Gasteiger partial charge in [-0.15, -0.1) is 11.8 Å². The van der Waals surface area contributed by atoms with Crippen molar-refractivity contribution in [3.8, 4) is 5.75 Å². The molecule has 35 nitrogen and oxygen atoms in total. The fourth-order valence-corrected chi connectivity index (χ4v) is 17.4. The van der Waals surface area contributed by atoms with Crippen molar-refractivity contribution in [2.45, 2.75) is 216 Å². The summed E-state index contributed by atoms with van der Waals surface area (Å²) in [5, 5.41) is 45.2. The Balaban J connectivity index is 1.13. The van der Waals surface area contributed by atoms with E-state index in [-0.39, 0.29) is 101 Å². The molecule has 718 valence electrons. The summed E-state index contributed by atoms with van der Waals surface area (Å²) in [5.41, 5.74) is 13.3. The van der Waals surface area contributed by atoms with Crippen LogP contribution in [0.5, 0.6) is 5.75 Å². The number of unbranched alkanes of at least 4 members (excludes halogenated alkanes) is 1. The molecule has 3 aliphatic heterocycles. The number of hydrogen-bond acceptors (Lipinski definition) is 19. The molecular weight excluding hydrogens is 1750 g/mol. The van der Waals surface area contributed by atoms with Gasteiger partial charge in [0.1, 0.15) is 90.1 Å². The summed E-state index contributed by atoms with van der Waals surface area (Å²) in [4.78, 5) is 246. The molecule has 0 spiro atoms. The van der Waals surface area contributed by atoms with Crippen molar-refractivity contribution in [1.29, 1.82) is 0 Å². The molecule has 0 bridgehead atoms. The van der Waals surface area contributed by atoms with Gasteiger partial charge in [-0.2, -0.15) is 0 Å². The van der Waals surface area contributed by atoms with Gasteiger partial charge >= 0.3 is 5.97 Å². The van der Waals surface area contributed by atoms with Gasteiger partial charge in [0.05, 0.1) is 18.7 Å². The van der Waals surface area contributed by atoms with E-state index in [1.165, 1.54) is 55.4 Å². The number of carboxylic acid groups (broad SMARTS) is 1. The predicted molar refractivity (Wildman–Crippen MR) is 483 cm³/mol. The molecule has 3 aliphatic rings. The van der Waals surface area contributed by atoms with Crippen molar-refractivity contribution in [2.24, 2.45) is 23.3 Å². The van der Waals surface area contributed by atoms with Crippen LogP contribution in [0.3, 0.4) is 0 Å². The third-order valence-corrected chi connectivity index (χ3v) is 24.8. The van der Waals surface area contributed by atoms with Crippen LogP contribution in [0.4, 0.5) is 17.6 Å². The number of H-pyrrole nitrogens is 1. The Morgan fingerprint density at radius 1 is 0.526 bits per heavy atom. The monoisotopic (exact) mass is 1870 g/mol. The first-order valence-corrected chi connectivity index (χ1v) is 45.5. The van der Waals surface area contributed by atoms with E-state index in [0.717, 1.165) is 38.8 Å². The summed E-state index contributed by atoms with van der Waals surface area (Å²) in [6.45, 7) is 7.13. The summed E-state index contributed by atoms with van der Waals surface area (Å²) in [6.07, 6.45) is -0.551. The number of thioether (sulfide) groups is 1. The summed E-state index contributed by atoms with van der Waals surface area (Å²) in [5.74, 6) is -24.8. The molecule has 3 saturated heterocycles. The molecule has 0 saturated carbocycles. The quantitative estimate of drug-likeness (QED) is 0.0324. The number of aromatic amines is 1. The highest BCUT2D eigenvalue weighted by Crippen LogP contribution is 2.29. The Kier molecular flexibility index (Phi) is 38.2. The molecule has 5 aromatic carbocycles. The molecule has 4 heterocycles. The van der Waals surface area contributed by atoms with Gasteiger partial charge in [0.15, 0.2) is 17.5 Å². The topological polar surface area (TPSA) is 506 Å². The Labute approximate surface area is 771 Å². The minimum absolute atomic E-state index is 0.0303. The zero-order valence-electron chi connectivity index (χ0n) is 75.5. The molecule has 13 atom stereocenters. The van der Waals surface area contributed by atoms with Crippen LogP contribution in [0.1, 0.15) is 133 Å². The van der Waals surface area contributed by atoms with Crippen LogP contribution in [0.2, 0.25) is 0 Å². The number of aromatic hydroxyl groups is 1. The smallest absolute Gasteiger partial charge is 0.305 e. The molecule has 3 fully saturated rings. The number of phenolic OH excluding ortho intramolecular Hbond substituents is 1. The maximum Gasteiger partial charge on any atom is 0.305 e. The zero-order chi connectivity index (χ0) is 97.2. The lowest BCUT2D eigenvalue weighted by Gasteiger charge is -2.38. The number of nitrogens with two attached hydrogens (primary N) is 2. The van der Waals surface area contributed by atoms with Crippen molar-refractivity contribution in [1.82, 2.24) is 77.3 Å². The maximum absolute atomic E-state index is 15.7. The van der Waals surface area contributed by atoms with Crippen molar-refractivity contribution >= 4 is 117 Å². The number of halogens is 4. The second-order valence-corrected chi connectivity index (χ2v) is 35.6. The number of primary amides is 1. The molecule has 9 rings (SSSR count). The molecule has 0 unspecified atom stereocenters. The van der Waals surface area contributed by atoms with Crippen molar-refractivity contribution < 1.29 is 104 Å². The normalized spacial score (nSPS) is 23.7. The molecule has 16 N–H and O–H groups in total. The molecule has 133 heavy (non-hydrogen) atoms. The van der Waals surface area contributed by atoms with Crippen LogP contribution in [0.15, 0.2) is 121 Å². The lowest BCUT2D eigenvalue weighted by atomic mass is 9.97. The van der Waals surface area contributed by atoms with E-state index in [1.807, 2.05) is 0 Å². The van der Waals surface area contributed by atoms with E-state index in [0.29, 0.717) is 70.8 Å². The molecular formula is C93H119F4N17O18S. The third-order valence-electron chi connectivity index (χ3n) is 23.8. The Bertz CT molecular complexity index is 5150. The number of fused-ring (bicyclic) bond motifs is 3. The number of amides is 15. The van der Waals surface area contributed by atoms with Crippen molar-refractivity contribution in [3.63, 3.8) is 0 Å². The number of likely N-dealkylation sites (N-methyl/N-ethyl adjacent to an activating group) is 3. The number of para-hydroxylation sites is 1. The van der Waals surface area contributed by atoms with Gasteiger partial charge in [-0.05, 0) is 140 Å². The van der Waals surface area contributed by atoms with Gasteiger partial charge in [-0.3, -0.25) is 76.7 Å². The number of carbonyl (C=O) groups is 16. The number of carbonyl (C=O) groups excluding carboxylic acids is 15. The number of hydrogen-bond donors (Lipinski definition) is 14. The van der Waals surface area contributed by atoms with Crippen LogP contribution in [-0.4, -0.2) is 272 Å². The van der Waals surface area contributed by atoms with Gasteiger partial charge in [0.2, 0.25) is 88.6 Å². The van der Waals surface area contributed by atoms with E-state index in [9.17, 15) is 47.8 Å². The molecule has 0 radical (unpaired) electrons. The van der Waals surface area contributed by atoms with E-state index < -0.39 is 246 Å². The maximum atomic E-state index is 15.7. The number of nitrogens with zero attached hydrogens (tertiary/aromatic N) is 5. The lowest BCUT2D eigenvalue weighted by Crippen LogP contribution is -2.63. The van der Waals surface area contributed by atoms with Crippen LogP contribution in [0, 0.1) is 35.1 Å². The zero-order valence-corrected chi connectivity index (χ0v) is 76.3. The minimum atomic E-state index is -1.94. The first-order valence-electron chi connectivity index (χ1n) is 44.4. The average molecular weight is 1870 g/mol. The predicted octanol–water partition coefficient (Wildman–Crippen LogP) is 2.74. The highest BCUT2D eigenvalue weighted by atomic mass is 32.2. The van der Waals surface area contributed by atoms with E-state index in [1.54, 1.807) is 95.4 Å². The van der Waals surface area contributed by atoms with Gasteiger partial charge in [0.25, 0.3) is 0 Å².